The normalized spacial score (nSPS) is 10.8. The SMILES string of the molecule is CCc1cccc2c(C=O)cn(CC(=O)Nc3cccc(Cl)c3)c12. The summed E-state index contributed by atoms with van der Waals surface area (Å²) in [6, 6.07) is 12.9. The highest BCUT2D eigenvalue weighted by atomic mass is 35.5. The first-order valence-electron chi connectivity index (χ1n) is 7.73. The summed E-state index contributed by atoms with van der Waals surface area (Å²) in [7, 11) is 0. The first-order valence-corrected chi connectivity index (χ1v) is 8.11. The van der Waals surface area contributed by atoms with Crippen molar-refractivity contribution in [2.24, 2.45) is 0 Å². The van der Waals surface area contributed by atoms with Crippen molar-refractivity contribution in [2.75, 3.05) is 5.32 Å². The van der Waals surface area contributed by atoms with Gasteiger partial charge in [0.05, 0.1) is 5.52 Å². The third-order valence-corrected chi connectivity index (χ3v) is 4.18. The smallest absolute Gasteiger partial charge is 0.244 e. The van der Waals surface area contributed by atoms with Crippen LogP contribution in [0.5, 0.6) is 0 Å². The Bertz CT molecular complexity index is 915. The van der Waals surface area contributed by atoms with Gasteiger partial charge in [-0.25, -0.2) is 0 Å². The van der Waals surface area contributed by atoms with Crippen LogP contribution >= 0.6 is 11.6 Å². The zero-order chi connectivity index (χ0) is 17.1. The summed E-state index contributed by atoms with van der Waals surface area (Å²) >= 11 is 5.93. The lowest BCUT2D eigenvalue weighted by Crippen LogP contribution is -2.18. The van der Waals surface area contributed by atoms with Crippen LogP contribution < -0.4 is 5.32 Å². The van der Waals surface area contributed by atoms with Crippen LogP contribution in [0.3, 0.4) is 0 Å². The van der Waals surface area contributed by atoms with Gasteiger partial charge in [-0.3, -0.25) is 9.59 Å². The van der Waals surface area contributed by atoms with E-state index in [0.29, 0.717) is 16.3 Å². The maximum Gasteiger partial charge on any atom is 0.244 e. The maximum absolute atomic E-state index is 12.4. The number of anilines is 1. The van der Waals surface area contributed by atoms with Crippen LogP contribution in [-0.2, 0) is 17.8 Å². The van der Waals surface area contributed by atoms with Gasteiger partial charge in [0, 0.05) is 27.9 Å². The van der Waals surface area contributed by atoms with E-state index in [1.165, 1.54) is 0 Å². The fourth-order valence-corrected chi connectivity index (χ4v) is 3.08. The lowest BCUT2D eigenvalue weighted by atomic mass is 10.1. The number of nitrogens with zero attached hydrogens (tertiary/aromatic N) is 1. The summed E-state index contributed by atoms with van der Waals surface area (Å²) in [4.78, 5) is 23.7. The van der Waals surface area contributed by atoms with Crippen LogP contribution in [-0.4, -0.2) is 16.8 Å². The Labute approximate surface area is 145 Å². The summed E-state index contributed by atoms with van der Waals surface area (Å²) in [5, 5.41) is 4.27. The van der Waals surface area contributed by atoms with Gasteiger partial charge in [0.2, 0.25) is 5.91 Å². The first-order chi connectivity index (χ1) is 11.6. The standard InChI is InChI=1S/C19H17ClN2O2/c1-2-13-5-3-8-17-14(12-23)10-22(19(13)17)11-18(24)21-16-7-4-6-15(20)9-16/h3-10,12H,2,11H2,1H3,(H,21,24). The summed E-state index contributed by atoms with van der Waals surface area (Å²) in [6.07, 6.45) is 3.39. The van der Waals surface area contributed by atoms with Crippen molar-refractivity contribution in [3.05, 3.63) is 64.8 Å². The number of hydrogen-bond acceptors (Lipinski definition) is 2. The van der Waals surface area contributed by atoms with Gasteiger partial charge >= 0.3 is 0 Å². The number of aldehydes is 1. The minimum Gasteiger partial charge on any atom is -0.337 e. The Morgan fingerprint density at radius 1 is 1.25 bits per heavy atom. The Kier molecular flexibility index (Phi) is 4.67. The Hall–Kier alpha value is -2.59. The molecule has 0 spiro atoms. The Morgan fingerprint density at radius 2 is 2.04 bits per heavy atom. The summed E-state index contributed by atoms with van der Waals surface area (Å²) in [5.41, 5.74) is 3.28. The minimum atomic E-state index is -0.169. The largest absolute Gasteiger partial charge is 0.337 e. The van der Waals surface area contributed by atoms with Gasteiger partial charge in [-0.1, -0.05) is 42.8 Å². The van der Waals surface area contributed by atoms with E-state index >= 15 is 0 Å². The number of nitrogens with one attached hydrogen (secondary N) is 1. The van der Waals surface area contributed by atoms with E-state index in [2.05, 4.69) is 12.2 Å². The van der Waals surface area contributed by atoms with Crippen molar-refractivity contribution in [3.8, 4) is 0 Å². The first kappa shape index (κ1) is 16.3. The van der Waals surface area contributed by atoms with Gasteiger partial charge in [0.25, 0.3) is 0 Å². The van der Waals surface area contributed by atoms with Crippen LogP contribution in [0.25, 0.3) is 10.9 Å². The van der Waals surface area contributed by atoms with Crippen molar-refractivity contribution >= 4 is 40.4 Å². The monoisotopic (exact) mass is 340 g/mol. The number of aromatic nitrogens is 1. The number of rotatable bonds is 5. The lowest BCUT2D eigenvalue weighted by Gasteiger charge is -2.10. The molecule has 0 bridgehead atoms. The molecular weight excluding hydrogens is 324 g/mol. The molecule has 0 saturated heterocycles. The molecule has 24 heavy (non-hydrogen) atoms. The Morgan fingerprint density at radius 3 is 2.75 bits per heavy atom. The molecule has 3 rings (SSSR count). The molecule has 0 saturated carbocycles. The molecule has 122 valence electrons. The second-order valence-electron chi connectivity index (χ2n) is 5.56. The molecule has 5 heteroatoms. The number of halogens is 1. The van der Waals surface area contributed by atoms with E-state index in [0.717, 1.165) is 29.2 Å². The van der Waals surface area contributed by atoms with Crippen molar-refractivity contribution in [3.63, 3.8) is 0 Å². The van der Waals surface area contributed by atoms with E-state index < -0.39 is 0 Å². The van der Waals surface area contributed by atoms with Gasteiger partial charge in [-0.2, -0.15) is 0 Å². The number of fused-ring (bicyclic) bond motifs is 1. The fraction of sp³-hybridized carbons (Fsp3) is 0.158. The quantitative estimate of drug-likeness (QED) is 0.704. The highest BCUT2D eigenvalue weighted by Crippen LogP contribution is 2.24. The highest BCUT2D eigenvalue weighted by Gasteiger charge is 2.13. The van der Waals surface area contributed by atoms with Gasteiger partial charge < -0.3 is 9.88 Å². The fourth-order valence-electron chi connectivity index (χ4n) is 2.89. The van der Waals surface area contributed by atoms with Gasteiger partial charge in [0.1, 0.15) is 6.54 Å². The average molecular weight is 341 g/mol. The molecule has 0 aliphatic carbocycles. The van der Waals surface area contributed by atoms with Gasteiger partial charge in [-0.15, -0.1) is 0 Å². The van der Waals surface area contributed by atoms with Crippen molar-refractivity contribution in [1.82, 2.24) is 4.57 Å². The van der Waals surface area contributed by atoms with E-state index in [9.17, 15) is 9.59 Å². The van der Waals surface area contributed by atoms with Crippen molar-refractivity contribution in [2.45, 2.75) is 19.9 Å². The number of amides is 1. The third-order valence-electron chi connectivity index (χ3n) is 3.94. The van der Waals surface area contributed by atoms with E-state index in [4.69, 9.17) is 11.6 Å². The Balaban J connectivity index is 1.92. The molecule has 3 aromatic rings. The zero-order valence-corrected chi connectivity index (χ0v) is 14.0. The third kappa shape index (κ3) is 3.19. The molecule has 2 aromatic carbocycles. The molecule has 1 heterocycles. The second-order valence-corrected chi connectivity index (χ2v) is 5.99. The lowest BCUT2D eigenvalue weighted by molar-refractivity contribution is -0.116. The molecule has 0 unspecified atom stereocenters. The van der Waals surface area contributed by atoms with Gasteiger partial charge in [0.15, 0.2) is 6.29 Å². The highest BCUT2D eigenvalue weighted by molar-refractivity contribution is 6.30. The maximum atomic E-state index is 12.4. The number of carbonyl (C=O) groups excluding carboxylic acids is 2. The molecular formula is C19H17ClN2O2. The molecule has 1 amide bonds. The summed E-state index contributed by atoms with van der Waals surface area (Å²) in [5.74, 6) is -0.169. The minimum absolute atomic E-state index is 0.133. The van der Waals surface area contributed by atoms with E-state index in [-0.39, 0.29) is 12.5 Å². The number of aryl methyl sites for hydroxylation is 1. The molecule has 0 radical (unpaired) electrons. The number of benzene rings is 2. The molecule has 1 aromatic heterocycles. The second kappa shape index (κ2) is 6.89. The van der Waals surface area contributed by atoms with E-state index in [1.807, 2.05) is 22.8 Å². The van der Waals surface area contributed by atoms with Crippen molar-refractivity contribution in [1.29, 1.82) is 0 Å². The van der Waals surface area contributed by atoms with Crippen LogP contribution in [0.1, 0.15) is 22.8 Å². The molecule has 1 N–H and O–H groups in total. The number of carbonyl (C=O) groups is 2. The molecule has 0 fully saturated rings. The van der Waals surface area contributed by atoms with E-state index in [1.54, 1.807) is 30.5 Å². The van der Waals surface area contributed by atoms with Crippen LogP contribution in [0.2, 0.25) is 5.02 Å². The predicted octanol–water partition coefficient (Wildman–Crippen LogP) is 4.31. The average Bonchev–Trinajstić information content (AvgIpc) is 2.92. The number of hydrogen-bond donors (Lipinski definition) is 1. The predicted molar refractivity (Wildman–Crippen MR) is 96.8 cm³/mol. The van der Waals surface area contributed by atoms with Crippen molar-refractivity contribution < 1.29 is 9.59 Å². The van der Waals surface area contributed by atoms with Gasteiger partial charge in [-0.05, 0) is 30.2 Å². The summed E-state index contributed by atoms with van der Waals surface area (Å²) < 4.78 is 1.83. The molecule has 4 nitrogen and oxygen atoms in total. The van der Waals surface area contributed by atoms with Crippen LogP contribution in [0.4, 0.5) is 5.69 Å². The molecule has 0 atom stereocenters. The summed E-state index contributed by atoms with van der Waals surface area (Å²) in [6.45, 7) is 2.19. The van der Waals surface area contributed by atoms with Crippen LogP contribution in [0, 0.1) is 0 Å². The molecule has 0 aliphatic rings. The van der Waals surface area contributed by atoms with Crippen LogP contribution in [0.15, 0.2) is 48.7 Å². The molecule has 0 aliphatic heterocycles. The topological polar surface area (TPSA) is 51.1 Å². The zero-order valence-electron chi connectivity index (χ0n) is 13.3. The number of para-hydroxylation sites is 1.